The van der Waals surface area contributed by atoms with Crippen LogP contribution in [-0.2, 0) is 6.42 Å². The molecule has 0 spiro atoms. The molecule has 0 saturated carbocycles. The monoisotopic (exact) mass is 442 g/mol. The maximum Gasteiger partial charge on any atom is 0.258 e. The fraction of sp³-hybridized carbons (Fsp3) is 0.346. The Bertz CT molecular complexity index is 1260. The molecule has 0 amide bonds. The topological polar surface area (TPSA) is 95.4 Å². The summed E-state index contributed by atoms with van der Waals surface area (Å²) in [5.74, 6) is 2.16. The van der Waals surface area contributed by atoms with Crippen molar-refractivity contribution < 1.29 is 14.4 Å². The van der Waals surface area contributed by atoms with Gasteiger partial charge < -0.3 is 14.4 Å². The van der Waals surface area contributed by atoms with Crippen LogP contribution >= 0.6 is 0 Å². The van der Waals surface area contributed by atoms with E-state index >= 15 is 0 Å². The van der Waals surface area contributed by atoms with Crippen molar-refractivity contribution in [3.8, 4) is 34.7 Å². The van der Waals surface area contributed by atoms with Crippen LogP contribution in [0.2, 0.25) is 0 Å². The first-order valence-electron chi connectivity index (χ1n) is 11.2. The Morgan fingerprint density at radius 2 is 2.21 bits per heavy atom. The Balaban J connectivity index is 1.46. The molecule has 33 heavy (non-hydrogen) atoms. The fourth-order valence-electron chi connectivity index (χ4n) is 5.14. The van der Waals surface area contributed by atoms with Gasteiger partial charge in [-0.2, -0.15) is 10.2 Å². The minimum absolute atomic E-state index is 0.0241. The van der Waals surface area contributed by atoms with Gasteiger partial charge in [0.25, 0.3) is 5.89 Å². The Morgan fingerprint density at radius 1 is 1.36 bits per heavy atom. The first-order valence-corrected chi connectivity index (χ1v) is 11.2. The molecule has 1 saturated heterocycles. The molecule has 5 rings (SSSR count). The van der Waals surface area contributed by atoms with Crippen molar-refractivity contribution in [3.05, 3.63) is 65.4 Å². The van der Waals surface area contributed by atoms with Crippen LogP contribution in [-0.4, -0.2) is 39.3 Å². The van der Waals surface area contributed by atoms with Gasteiger partial charge in [0.05, 0.1) is 24.0 Å². The standard InChI is InChI=1S/C26H26N4O3/c1-15(2)32-23-8-7-18(11-19(23)13-27)26-28-25(29-33-26)21-6-4-5-20-22(21)12-17-9-10-30(24(17)20)14-16(3)31/h4-8,11,15,17,24,31H,3,9-10,12,14H2,1-2H3/t17-,24-/m1/s1. The Kier molecular flexibility index (Phi) is 5.39. The number of nitrogens with zero attached hydrogens (tertiary/aromatic N) is 4. The predicted octanol–water partition coefficient (Wildman–Crippen LogP) is 5.05. The zero-order valence-electron chi connectivity index (χ0n) is 18.8. The molecule has 0 bridgehead atoms. The zero-order chi connectivity index (χ0) is 23.1. The van der Waals surface area contributed by atoms with Gasteiger partial charge in [0, 0.05) is 17.2 Å². The minimum Gasteiger partial charge on any atom is -0.512 e. The average Bonchev–Trinajstić information content (AvgIpc) is 3.49. The second-order valence-electron chi connectivity index (χ2n) is 9.02. The van der Waals surface area contributed by atoms with E-state index in [1.165, 1.54) is 11.1 Å². The summed E-state index contributed by atoms with van der Waals surface area (Å²) in [5.41, 5.74) is 4.59. The quantitative estimate of drug-likeness (QED) is 0.534. The molecule has 2 atom stereocenters. The molecular formula is C26H26N4O3. The van der Waals surface area contributed by atoms with Crippen LogP contribution < -0.4 is 4.74 Å². The molecule has 7 nitrogen and oxygen atoms in total. The van der Waals surface area contributed by atoms with E-state index in [-0.39, 0.29) is 17.9 Å². The van der Waals surface area contributed by atoms with Crippen LogP contribution in [0.1, 0.15) is 43.0 Å². The summed E-state index contributed by atoms with van der Waals surface area (Å²) < 4.78 is 11.3. The normalized spacial score (nSPS) is 19.3. The first kappa shape index (κ1) is 21.2. The van der Waals surface area contributed by atoms with Crippen LogP contribution in [0, 0.1) is 17.2 Å². The molecule has 2 aliphatic rings. The molecule has 1 aliphatic carbocycles. The third-order valence-electron chi connectivity index (χ3n) is 6.39. The zero-order valence-corrected chi connectivity index (χ0v) is 18.8. The summed E-state index contributed by atoms with van der Waals surface area (Å²) in [4.78, 5) is 6.96. The maximum atomic E-state index is 9.73. The summed E-state index contributed by atoms with van der Waals surface area (Å²) in [5, 5.41) is 23.5. The highest BCUT2D eigenvalue weighted by Crippen LogP contribution is 2.48. The highest BCUT2D eigenvalue weighted by atomic mass is 16.5. The summed E-state index contributed by atoms with van der Waals surface area (Å²) >= 11 is 0. The number of likely N-dealkylation sites (tertiary alicyclic amines) is 1. The van der Waals surface area contributed by atoms with Gasteiger partial charge >= 0.3 is 0 Å². The van der Waals surface area contributed by atoms with E-state index in [1.54, 1.807) is 12.1 Å². The van der Waals surface area contributed by atoms with Gasteiger partial charge in [-0.15, -0.1) is 0 Å². The Hall–Kier alpha value is -3.63. The molecule has 0 unspecified atom stereocenters. The van der Waals surface area contributed by atoms with Crippen molar-refractivity contribution in [1.29, 1.82) is 5.26 Å². The fourth-order valence-corrected chi connectivity index (χ4v) is 5.14. The number of rotatable bonds is 6. The van der Waals surface area contributed by atoms with E-state index in [2.05, 4.69) is 33.8 Å². The van der Waals surface area contributed by atoms with Crippen molar-refractivity contribution in [1.82, 2.24) is 15.0 Å². The molecule has 3 aromatic rings. The van der Waals surface area contributed by atoms with Gasteiger partial charge in [-0.3, -0.25) is 4.90 Å². The Labute approximate surface area is 192 Å². The van der Waals surface area contributed by atoms with Crippen molar-refractivity contribution in [2.75, 3.05) is 13.1 Å². The molecule has 2 aromatic carbocycles. The maximum absolute atomic E-state index is 9.73. The SMILES string of the molecule is C=C(O)CN1CC[C@@H]2Cc3c(-c4noc(-c5ccc(OC(C)C)c(C#N)c5)n4)cccc3[C@@H]21. The molecule has 1 fully saturated rings. The second kappa shape index (κ2) is 8.38. The van der Waals surface area contributed by atoms with E-state index in [9.17, 15) is 10.4 Å². The summed E-state index contributed by atoms with van der Waals surface area (Å²) in [7, 11) is 0. The van der Waals surface area contributed by atoms with Gasteiger partial charge in [0.1, 0.15) is 11.8 Å². The molecule has 168 valence electrons. The number of fused-ring (bicyclic) bond motifs is 3. The van der Waals surface area contributed by atoms with E-state index < -0.39 is 0 Å². The lowest BCUT2D eigenvalue weighted by Crippen LogP contribution is -2.26. The molecule has 0 radical (unpaired) electrons. The Morgan fingerprint density at radius 3 is 2.97 bits per heavy atom. The van der Waals surface area contributed by atoms with E-state index in [4.69, 9.17) is 9.26 Å². The number of hydrogen-bond donors (Lipinski definition) is 1. The van der Waals surface area contributed by atoms with E-state index in [0.717, 1.165) is 24.9 Å². The van der Waals surface area contributed by atoms with Crippen LogP contribution in [0.5, 0.6) is 5.75 Å². The van der Waals surface area contributed by atoms with Crippen molar-refractivity contribution in [2.45, 2.75) is 38.8 Å². The minimum atomic E-state index is -0.0241. The van der Waals surface area contributed by atoms with Crippen molar-refractivity contribution >= 4 is 0 Å². The van der Waals surface area contributed by atoms with Crippen LogP contribution in [0.3, 0.4) is 0 Å². The first-order chi connectivity index (χ1) is 15.9. The lowest BCUT2D eigenvalue weighted by atomic mass is 10.0. The van der Waals surface area contributed by atoms with Crippen LogP contribution in [0.4, 0.5) is 0 Å². The van der Waals surface area contributed by atoms with Gasteiger partial charge in [-0.1, -0.05) is 29.9 Å². The average molecular weight is 443 g/mol. The lowest BCUT2D eigenvalue weighted by Gasteiger charge is -2.24. The van der Waals surface area contributed by atoms with E-state index in [0.29, 0.717) is 41.1 Å². The van der Waals surface area contributed by atoms with Crippen LogP contribution in [0.25, 0.3) is 22.8 Å². The number of benzene rings is 2. The number of aliphatic hydroxyl groups excluding tert-OH is 1. The summed E-state index contributed by atoms with van der Waals surface area (Å²) in [6, 6.07) is 14.0. The van der Waals surface area contributed by atoms with Gasteiger partial charge in [-0.25, -0.2) is 0 Å². The molecule has 1 aromatic heterocycles. The number of nitriles is 1. The number of aliphatic hydroxyl groups is 1. The van der Waals surface area contributed by atoms with Gasteiger partial charge in [-0.05, 0) is 68.5 Å². The van der Waals surface area contributed by atoms with Crippen LogP contribution in [0.15, 0.2) is 53.3 Å². The predicted molar refractivity (Wildman–Crippen MR) is 124 cm³/mol. The number of aromatic nitrogens is 2. The highest BCUT2D eigenvalue weighted by molar-refractivity contribution is 5.67. The second-order valence-corrected chi connectivity index (χ2v) is 9.02. The smallest absolute Gasteiger partial charge is 0.258 e. The summed E-state index contributed by atoms with van der Waals surface area (Å²) in [6.45, 7) is 8.97. The molecular weight excluding hydrogens is 416 g/mol. The molecule has 1 aliphatic heterocycles. The largest absolute Gasteiger partial charge is 0.512 e. The van der Waals surface area contributed by atoms with Gasteiger partial charge in [0.15, 0.2) is 0 Å². The molecule has 1 N–H and O–H groups in total. The van der Waals surface area contributed by atoms with Gasteiger partial charge in [0.2, 0.25) is 5.82 Å². The van der Waals surface area contributed by atoms with E-state index in [1.807, 2.05) is 32.0 Å². The van der Waals surface area contributed by atoms with Crippen molar-refractivity contribution in [2.24, 2.45) is 5.92 Å². The molecule has 2 heterocycles. The van der Waals surface area contributed by atoms with Crippen molar-refractivity contribution in [3.63, 3.8) is 0 Å². The summed E-state index contributed by atoms with van der Waals surface area (Å²) in [6.07, 6.45) is 2.02. The highest BCUT2D eigenvalue weighted by Gasteiger charge is 2.42. The third-order valence-corrected chi connectivity index (χ3v) is 6.39. The number of ether oxygens (including phenoxy) is 1. The third kappa shape index (κ3) is 3.87. The number of hydrogen-bond acceptors (Lipinski definition) is 7. The molecule has 7 heteroatoms. The lowest BCUT2D eigenvalue weighted by molar-refractivity contribution is 0.223.